The van der Waals surface area contributed by atoms with E-state index in [2.05, 4.69) is 5.32 Å². The number of alkyl halides is 3. The van der Waals surface area contributed by atoms with Crippen molar-refractivity contribution in [3.05, 3.63) is 0 Å². The minimum atomic E-state index is -5.02. The van der Waals surface area contributed by atoms with Crippen LogP contribution in [0.15, 0.2) is 0 Å². The number of amides is 4. The van der Waals surface area contributed by atoms with Gasteiger partial charge in [0.05, 0.1) is 12.0 Å². The fraction of sp³-hybridized carbons (Fsp3) is 0.750. The van der Waals surface area contributed by atoms with E-state index < -0.39 is 54.9 Å². The van der Waals surface area contributed by atoms with E-state index in [0.29, 0.717) is 0 Å². The van der Waals surface area contributed by atoms with Crippen molar-refractivity contribution >= 4 is 17.8 Å². The highest BCUT2D eigenvalue weighted by molar-refractivity contribution is 5.97. The first-order valence-corrected chi connectivity index (χ1v) is 6.89. The van der Waals surface area contributed by atoms with Crippen LogP contribution in [0.2, 0.25) is 0 Å². The molecule has 2 aliphatic rings. The summed E-state index contributed by atoms with van der Waals surface area (Å²) in [5, 5.41) is 13.6. The summed E-state index contributed by atoms with van der Waals surface area (Å²) in [6.45, 7) is 1.13. The molecule has 2 fully saturated rings. The summed E-state index contributed by atoms with van der Waals surface area (Å²) in [7, 11) is 0. The second kappa shape index (κ2) is 6.32. The van der Waals surface area contributed by atoms with E-state index in [1.54, 1.807) is 12.2 Å². The lowest BCUT2D eigenvalue weighted by Crippen LogP contribution is -2.57. The van der Waals surface area contributed by atoms with E-state index in [9.17, 15) is 32.7 Å². The summed E-state index contributed by atoms with van der Waals surface area (Å²) in [4.78, 5) is 35.1. The molecule has 4 atom stereocenters. The molecule has 0 saturated carbocycles. The monoisotopic (exact) mass is 339 g/mol. The van der Waals surface area contributed by atoms with Gasteiger partial charge in [-0.25, -0.2) is 4.79 Å². The minimum Gasteiger partial charge on any atom is -0.390 e. The number of aliphatic hydroxyl groups excluding tert-OH is 1. The Morgan fingerprint density at radius 3 is 2.74 bits per heavy atom. The molecule has 11 heteroatoms. The molecule has 0 bridgehead atoms. The molecule has 2 saturated heterocycles. The van der Waals surface area contributed by atoms with Gasteiger partial charge < -0.3 is 15.2 Å². The van der Waals surface area contributed by atoms with Crippen LogP contribution in [-0.2, 0) is 14.3 Å². The average molecular weight is 339 g/mol. The van der Waals surface area contributed by atoms with Crippen molar-refractivity contribution in [3.63, 3.8) is 0 Å². The Bertz CT molecular complexity index is 513. The van der Waals surface area contributed by atoms with E-state index in [-0.39, 0.29) is 13.0 Å². The highest BCUT2D eigenvalue weighted by Crippen LogP contribution is 2.25. The van der Waals surface area contributed by atoms with Gasteiger partial charge in [0.1, 0.15) is 12.3 Å². The van der Waals surface area contributed by atoms with Crippen LogP contribution >= 0.6 is 0 Å². The molecule has 0 aromatic heterocycles. The topological polar surface area (TPSA) is 108 Å². The molecule has 23 heavy (non-hydrogen) atoms. The van der Waals surface area contributed by atoms with Crippen molar-refractivity contribution < 1.29 is 37.4 Å². The number of carbonyl (C=O) groups is 3. The Morgan fingerprint density at radius 1 is 1.48 bits per heavy atom. The van der Waals surface area contributed by atoms with E-state index in [4.69, 9.17) is 4.74 Å². The van der Waals surface area contributed by atoms with E-state index in [1.807, 2.05) is 0 Å². The molecule has 4 unspecified atom stereocenters. The molecule has 0 spiro atoms. The third kappa shape index (κ3) is 3.91. The van der Waals surface area contributed by atoms with Crippen LogP contribution in [0.5, 0.6) is 0 Å². The zero-order valence-electron chi connectivity index (χ0n) is 12.1. The van der Waals surface area contributed by atoms with Gasteiger partial charge in [-0.2, -0.15) is 13.2 Å². The van der Waals surface area contributed by atoms with Crippen molar-refractivity contribution in [2.45, 2.75) is 38.0 Å². The molecule has 130 valence electrons. The summed E-state index contributed by atoms with van der Waals surface area (Å²) in [6, 6.07) is -0.690. The van der Waals surface area contributed by atoms with Gasteiger partial charge in [0.15, 0.2) is 0 Å². The summed E-state index contributed by atoms with van der Waals surface area (Å²) >= 11 is 0. The third-order valence-electron chi connectivity index (χ3n) is 3.68. The summed E-state index contributed by atoms with van der Waals surface area (Å²) in [5.41, 5.74) is 0. The van der Waals surface area contributed by atoms with Crippen molar-refractivity contribution in [3.8, 4) is 0 Å². The van der Waals surface area contributed by atoms with Crippen molar-refractivity contribution in [2.75, 3.05) is 13.1 Å². The van der Waals surface area contributed by atoms with Crippen LogP contribution in [0, 0.1) is 5.92 Å². The molecule has 4 amide bonds. The minimum absolute atomic E-state index is 0.0269. The van der Waals surface area contributed by atoms with Gasteiger partial charge in [0.25, 0.3) is 0 Å². The summed E-state index contributed by atoms with van der Waals surface area (Å²) in [5.74, 6) is -3.04. The van der Waals surface area contributed by atoms with Crippen LogP contribution in [-0.4, -0.2) is 65.6 Å². The Balaban J connectivity index is 1.92. The fourth-order valence-corrected chi connectivity index (χ4v) is 2.39. The smallest absolute Gasteiger partial charge is 0.390 e. The molecular formula is C12H16F3N3O5. The normalized spacial score (nSPS) is 32.0. The molecule has 3 N–H and O–H groups in total. The second-order valence-electron chi connectivity index (χ2n) is 5.49. The highest BCUT2D eigenvalue weighted by Gasteiger charge is 2.44. The van der Waals surface area contributed by atoms with Crippen molar-refractivity contribution in [2.24, 2.45) is 5.92 Å². The number of carbonyl (C=O) groups excluding carboxylic acids is 3. The molecule has 2 heterocycles. The van der Waals surface area contributed by atoms with Crippen LogP contribution in [0.1, 0.15) is 13.3 Å². The van der Waals surface area contributed by atoms with Gasteiger partial charge in [0, 0.05) is 19.5 Å². The van der Waals surface area contributed by atoms with E-state index >= 15 is 0 Å². The highest BCUT2D eigenvalue weighted by atomic mass is 19.4. The number of hydrogen-bond donors (Lipinski definition) is 3. The SMILES string of the molecule is CC1CN(C2CC(O)C(CNC(=O)C(F)(F)F)O2)C(=O)NC1=O. The number of nitrogens with zero attached hydrogens (tertiary/aromatic N) is 1. The standard InChI is InChI=1S/C12H16F3N3O5/c1-5-4-18(11(22)17-9(5)20)8-2-6(19)7(23-8)3-16-10(21)12(13,14)15/h5-8,19H,2-4H2,1H3,(H,16,21)(H,17,20,22). The molecule has 0 aromatic rings. The number of imide groups is 1. The Labute approximate surface area is 128 Å². The molecule has 8 nitrogen and oxygen atoms in total. The number of aliphatic hydroxyl groups is 1. The van der Waals surface area contributed by atoms with Crippen LogP contribution in [0.25, 0.3) is 0 Å². The molecule has 2 rings (SSSR count). The number of hydrogen-bond acceptors (Lipinski definition) is 5. The quantitative estimate of drug-likeness (QED) is 0.632. The Hall–Kier alpha value is -1.88. The number of nitrogens with one attached hydrogen (secondary N) is 2. The fourth-order valence-electron chi connectivity index (χ4n) is 2.39. The second-order valence-corrected chi connectivity index (χ2v) is 5.49. The van der Waals surface area contributed by atoms with Gasteiger partial charge in [-0.3, -0.25) is 19.8 Å². The van der Waals surface area contributed by atoms with Crippen molar-refractivity contribution in [1.29, 1.82) is 0 Å². The first-order chi connectivity index (χ1) is 10.6. The Kier molecular flexibility index (Phi) is 4.80. The maximum atomic E-state index is 12.1. The summed E-state index contributed by atoms with van der Waals surface area (Å²) < 4.78 is 41.7. The first kappa shape index (κ1) is 17.5. The lowest BCUT2D eigenvalue weighted by atomic mass is 10.1. The van der Waals surface area contributed by atoms with Gasteiger partial charge in [-0.15, -0.1) is 0 Å². The molecule has 0 aliphatic carbocycles. The Morgan fingerprint density at radius 2 is 2.13 bits per heavy atom. The number of ether oxygens (including phenoxy) is 1. The van der Waals surface area contributed by atoms with Crippen molar-refractivity contribution in [1.82, 2.24) is 15.5 Å². The van der Waals surface area contributed by atoms with Gasteiger partial charge >= 0.3 is 18.1 Å². The first-order valence-electron chi connectivity index (χ1n) is 6.89. The number of halogens is 3. The predicted octanol–water partition coefficient (Wildman–Crippen LogP) is -0.671. The van der Waals surface area contributed by atoms with Crippen LogP contribution in [0.4, 0.5) is 18.0 Å². The predicted molar refractivity (Wildman–Crippen MR) is 67.8 cm³/mol. The van der Waals surface area contributed by atoms with E-state index in [0.717, 1.165) is 0 Å². The molecule has 0 radical (unpaired) electrons. The van der Waals surface area contributed by atoms with E-state index in [1.165, 1.54) is 4.90 Å². The van der Waals surface area contributed by atoms with Crippen LogP contribution in [0.3, 0.4) is 0 Å². The molecule has 0 aromatic carbocycles. The van der Waals surface area contributed by atoms with Gasteiger partial charge in [-0.05, 0) is 0 Å². The summed E-state index contributed by atoms with van der Waals surface area (Å²) in [6.07, 6.45) is -8.15. The largest absolute Gasteiger partial charge is 0.471 e. The third-order valence-corrected chi connectivity index (χ3v) is 3.68. The van der Waals surface area contributed by atoms with Gasteiger partial charge in [0.2, 0.25) is 5.91 Å². The maximum absolute atomic E-state index is 12.1. The zero-order chi connectivity index (χ0) is 17.4. The number of rotatable bonds is 3. The lowest BCUT2D eigenvalue weighted by molar-refractivity contribution is -0.174. The zero-order valence-corrected chi connectivity index (χ0v) is 12.1. The lowest BCUT2D eigenvalue weighted by Gasteiger charge is -2.34. The van der Waals surface area contributed by atoms with Gasteiger partial charge in [-0.1, -0.05) is 6.92 Å². The molecule has 2 aliphatic heterocycles. The van der Waals surface area contributed by atoms with Crippen LogP contribution < -0.4 is 10.6 Å². The molecular weight excluding hydrogens is 323 g/mol. The maximum Gasteiger partial charge on any atom is 0.471 e. The number of urea groups is 1. The average Bonchev–Trinajstić information content (AvgIpc) is 2.80.